The third kappa shape index (κ3) is 3.19. The van der Waals surface area contributed by atoms with Crippen LogP contribution in [0.3, 0.4) is 0 Å². The summed E-state index contributed by atoms with van der Waals surface area (Å²) >= 11 is 0. The average Bonchev–Trinajstić information content (AvgIpc) is 2.29. The quantitative estimate of drug-likeness (QED) is 0.754. The topological polar surface area (TPSA) is 44.5 Å². The maximum absolute atomic E-state index is 5.28. The van der Waals surface area contributed by atoms with Gasteiger partial charge >= 0.3 is 0 Å². The van der Waals surface area contributed by atoms with Gasteiger partial charge in [-0.25, -0.2) is 0 Å². The molecule has 0 saturated heterocycles. The van der Waals surface area contributed by atoms with Crippen LogP contribution in [-0.2, 0) is 6.42 Å². The molecular weight excluding hydrogens is 190 g/mol. The van der Waals surface area contributed by atoms with Crippen LogP contribution in [0, 0.1) is 11.8 Å². The smallest absolute Gasteiger partial charge is 0.126 e. The molecule has 2 N–H and O–H groups in total. The Morgan fingerprint density at radius 2 is 2.00 bits per heavy atom. The number of rotatable bonds is 3. The Kier molecular flexibility index (Phi) is 4.52. The van der Waals surface area contributed by atoms with Crippen LogP contribution >= 0.6 is 0 Å². The second-order valence-corrected chi connectivity index (χ2v) is 2.91. The summed E-state index contributed by atoms with van der Waals surface area (Å²) in [5, 5.41) is 0. The zero-order valence-corrected chi connectivity index (χ0v) is 9.04. The molecule has 1 aromatic rings. The molecular formula is C12H15NO2. The van der Waals surface area contributed by atoms with Crippen molar-refractivity contribution in [3.63, 3.8) is 0 Å². The molecule has 0 bridgehead atoms. The van der Waals surface area contributed by atoms with E-state index in [1.807, 2.05) is 18.2 Å². The molecule has 3 nitrogen and oxygen atoms in total. The summed E-state index contributed by atoms with van der Waals surface area (Å²) in [4.78, 5) is 0. The van der Waals surface area contributed by atoms with Gasteiger partial charge < -0.3 is 15.2 Å². The molecule has 0 aliphatic carbocycles. The molecule has 0 radical (unpaired) electrons. The highest BCUT2D eigenvalue weighted by Gasteiger charge is 2.02. The second-order valence-electron chi connectivity index (χ2n) is 2.91. The van der Waals surface area contributed by atoms with E-state index in [1.54, 1.807) is 14.2 Å². The summed E-state index contributed by atoms with van der Waals surface area (Å²) < 4.78 is 10.3. The molecule has 1 aromatic carbocycles. The number of hydrogen-bond donors (Lipinski definition) is 1. The molecule has 0 heterocycles. The fraction of sp³-hybridized carbons (Fsp3) is 0.333. The summed E-state index contributed by atoms with van der Waals surface area (Å²) in [6, 6.07) is 5.68. The van der Waals surface area contributed by atoms with Gasteiger partial charge in [-0.15, -0.1) is 0 Å². The third-order valence-corrected chi connectivity index (χ3v) is 2.00. The Morgan fingerprint density at radius 1 is 1.20 bits per heavy atom. The van der Waals surface area contributed by atoms with E-state index in [9.17, 15) is 0 Å². The van der Waals surface area contributed by atoms with Crippen molar-refractivity contribution < 1.29 is 9.47 Å². The highest BCUT2D eigenvalue weighted by molar-refractivity contribution is 5.42. The summed E-state index contributed by atoms with van der Waals surface area (Å²) in [5.74, 6) is 7.36. The molecule has 1 rings (SSSR count). The lowest BCUT2D eigenvalue weighted by Crippen LogP contribution is -1.95. The number of benzene rings is 1. The van der Waals surface area contributed by atoms with E-state index < -0.39 is 0 Å². The van der Waals surface area contributed by atoms with Crippen molar-refractivity contribution in [3.05, 3.63) is 23.8 Å². The number of hydrogen-bond acceptors (Lipinski definition) is 3. The molecule has 0 amide bonds. The van der Waals surface area contributed by atoms with Crippen LogP contribution in [0.4, 0.5) is 0 Å². The molecule has 3 heteroatoms. The van der Waals surface area contributed by atoms with Crippen molar-refractivity contribution in [1.82, 2.24) is 0 Å². The normalized spacial score (nSPS) is 9.00. The summed E-state index contributed by atoms with van der Waals surface area (Å²) in [6.07, 6.45) is 0.643. The van der Waals surface area contributed by atoms with Gasteiger partial charge in [-0.3, -0.25) is 0 Å². The third-order valence-electron chi connectivity index (χ3n) is 2.00. The molecule has 0 saturated carbocycles. The lowest BCUT2D eigenvalue weighted by Gasteiger charge is -2.07. The highest BCUT2D eigenvalue weighted by atomic mass is 16.5. The first-order valence-electron chi connectivity index (χ1n) is 4.68. The fourth-order valence-corrected chi connectivity index (χ4v) is 1.23. The minimum atomic E-state index is 0.387. The number of nitrogens with two attached hydrogens (primary N) is 1. The van der Waals surface area contributed by atoms with Gasteiger partial charge in [0.2, 0.25) is 0 Å². The molecule has 0 unspecified atom stereocenters. The van der Waals surface area contributed by atoms with Crippen molar-refractivity contribution in [2.24, 2.45) is 5.73 Å². The van der Waals surface area contributed by atoms with Crippen molar-refractivity contribution >= 4 is 0 Å². The lowest BCUT2D eigenvalue weighted by atomic mass is 10.1. The minimum Gasteiger partial charge on any atom is -0.497 e. The van der Waals surface area contributed by atoms with Crippen molar-refractivity contribution in [3.8, 4) is 23.3 Å². The summed E-state index contributed by atoms with van der Waals surface area (Å²) in [7, 11) is 3.26. The largest absolute Gasteiger partial charge is 0.497 e. The Bertz CT molecular complexity index is 377. The van der Waals surface area contributed by atoms with Crippen LogP contribution in [0.5, 0.6) is 11.5 Å². The predicted molar refractivity (Wildman–Crippen MR) is 60.1 cm³/mol. The molecule has 0 fully saturated rings. The van der Waals surface area contributed by atoms with Gasteiger partial charge in [-0.1, -0.05) is 17.9 Å². The monoisotopic (exact) mass is 205 g/mol. The van der Waals surface area contributed by atoms with E-state index in [0.29, 0.717) is 13.0 Å². The van der Waals surface area contributed by atoms with Crippen LogP contribution in [0.1, 0.15) is 5.56 Å². The van der Waals surface area contributed by atoms with Gasteiger partial charge in [-0.05, 0) is 6.07 Å². The fourth-order valence-electron chi connectivity index (χ4n) is 1.23. The molecule has 0 aliphatic heterocycles. The molecule has 0 aromatic heterocycles. The van der Waals surface area contributed by atoms with Crippen molar-refractivity contribution in [1.29, 1.82) is 0 Å². The van der Waals surface area contributed by atoms with Crippen LogP contribution in [0.25, 0.3) is 0 Å². The van der Waals surface area contributed by atoms with Gasteiger partial charge in [0.1, 0.15) is 11.5 Å². The summed E-state index contributed by atoms with van der Waals surface area (Å²) in [6.45, 7) is 0.387. The maximum atomic E-state index is 5.28. The van der Waals surface area contributed by atoms with Gasteiger partial charge in [-0.2, -0.15) is 0 Å². The molecule has 0 spiro atoms. The SMILES string of the molecule is COc1ccc(CC#CCN)c(OC)c1. The van der Waals surface area contributed by atoms with E-state index in [-0.39, 0.29) is 0 Å². The zero-order chi connectivity index (χ0) is 11.1. The van der Waals surface area contributed by atoms with Crippen LogP contribution < -0.4 is 15.2 Å². The maximum Gasteiger partial charge on any atom is 0.126 e. The van der Waals surface area contributed by atoms with Crippen molar-refractivity contribution in [2.75, 3.05) is 20.8 Å². The van der Waals surface area contributed by atoms with E-state index in [1.165, 1.54) is 0 Å². The Morgan fingerprint density at radius 3 is 2.60 bits per heavy atom. The van der Waals surface area contributed by atoms with E-state index >= 15 is 0 Å². The Balaban J connectivity index is 2.87. The van der Waals surface area contributed by atoms with E-state index in [4.69, 9.17) is 15.2 Å². The lowest BCUT2D eigenvalue weighted by molar-refractivity contribution is 0.392. The van der Waals surface area contributed by atoms with Gasteiger partial charge in [0.05, 0.1) is 20.8 Å². The van der Waals surface area contributed by atoms with Gasteiger partial charge in [0.25, 0.3) is 0 Å². The predicted octanol–water partition coefficient (Wildman–Crippen LogP) is 1.21. The van der Waals surface area contributed by atoms with E-state index in [0.717, 1.165) is 17.1 Å². The molecule has 0 aliphatic rings. The van der Waals surface area contributed by atoms with Crippen LogP contribution in [0.15, 0.2) is 18.2 Å². The van der Waals surface area contributed by atoms with Gasteiger partial charge in [0.15, 0.2) is 0 Å². The minimum absolute atomic E-state index is 0.387. The van der Waals surface area contributed by atoms with Gasteiger partial charge in [0, 0.05) is 18.1 Å². The van der Waals surface area contributed by atoms with E-state index in [2.05, 4.69) is 11.8 Å². The van der Waals surface area contributed by atoms with Crippen LogP contribution in [-0.4, -0.2) is 20.8 Å². The zero-order valence-electron chi connectivity index (χ0n) is 9.04. The highest BCUT2D eigenvalue weighted by Crippen LogP contribution is 2.24. The Labute approximate surface area is 90.2 Å². The second kappa shape index (κ2) is 5.94. The standard InChI is InChI=1S/C12H15NO2/c1-14-11-7-6-10(5-3-4-8-13)12(9-11)15-2/h6-7,9H,5,8,13H2,1-2H3. The Hall–Kier alpha value is -1.66. The molecule has 80 valence electrons. The molecule has 15 heavy (non-hydrogen) atoms. The number of methoxy groups -OCH3 is 2. The average molecular weight is 205 g/mol. The van der Waals surface area contributed by atoms with Crippen molar-refractivity contribution in [2.45, 2.75) is 6.42 Å². The summed E-state index contributed by atoms with van der Waals surface area (Å²) in [5.41, 5.74) is 6.32. The first-order valence-corrected chi connectivity index (χ1v) is 4.68. The van der Waals surface area contributed by atoms with Crippen LogP contribution in [0.2, 0.25) is 0 Å². The number of ether oxygens (including phenoxy) is 2. The first-order chi connectivity index (χ1) is 7.31. The molecule has 0 atom stereocenters. The first kappa shape index (κ1) is 11.4.